The number of aromatic nitrogens is 4. The molecule has 5 rings (SSSR count). The van der Waals surface area contributed by atoms with Crippen LogP contribution in [0.25, 0.3) is 17.1 Å². The van der Waals surface area contributed by atoms with Crippen LogP contribution >= 0.6 is 0 Å². The third kappa shape index (κ3) is 4.03. The third-order valence-corrected chi connectivity index (χ3v) is 6.02. The molecule has 35 heavy (non-hydrogen) atoms. The summed E-state index contributed by atoms with van der Waals surface area (Å²) in [6, 6.07) is 20.9. The molecule has 1 aliphatic rings. The van der Waals surface area contributed by atoms with Crippen molar-refractivity contribution in [3.63, 3.8) is 0 Å². The van der Waals surface area contributed by atoms with Crippen LogP contribution in [-0.2, 0) is 17.8 Å². The molecule has 0 spiro atoms. The van der Waals surface area contributed by atoms with Crippen molar-refractivity contribution in [2.75, 3.05) is 4.90 Å². The van der Waals surface area contributed by atoms with Crippen LogP contribution in [0, 0.1) is 22.7 Å². The van der Waals surface area contributed by atoms with Crippen LogP contribution in [0.2, 0.25) is 0 Å². The van der Waals surface area contributed by atoms with Crippen LogP contribution in [0.15, 0.2) is 60.8 Å². The Kier molecular flexibility index (Phi) is 5.56. The van der Waals surface area contributed by atoms with Crippen molar-refractivity contribution in [1.82, 2.24) is 19.7 Å². The molecule has 1 aliphatic heterocycles. The predicted molar refractivity (Wildman–Crippen MR) is 129 cm³/mol. The summed E-state index contributed by atoms with van der Waals surface area (Å²) in [5.74, 6) is 1.55. The fraction of sp³-hybridized carbons (Fsp3) is 0.185. The van der Waals surface area contributed by atoms with E-state index in [9.17, 15) is 10.1 Å². The first-order chi connectivity index (χ1) is 17.0. The van der Waals surface area contributed by atoms with Gasteiger partial charge in [-0.25, -0.2) is 14.6 Å². The number of nitrogens with zero attached hydrogens (tertiary/aromatic N) is 7. The van der Waals surface area contributed by atoms with E-state index in [0.717, 1.165) is 22.3 Å². The highest BCUT2D eigenvalue weighted by Crippen LogP contribution is 2.32. The Balaban J connectivity index is 1.44. The quantitative estimate of drug-likeness (QED) is 0.440. The maximum atomic E-state index is 12.8. The average molecular weight is 460 g/mol. The van der Waals surface area contributed by atoms with Gasteiger partial charge in [-0.2, -0.15) is 15.6 Å². The van der Waals surface area contributed by atoms with E-state index in [2.05, 4.69) is 36.1 Å². The maximum absolute atomic E-state index is 12.8. The number of carbonyl (C=O) groups is 1. The minimum absolute atomic E-state index is 0.0230. The molecule has 0 unspecified atom stereocenters. The zero-order valence-corrected chi connectivity index (χ0v) is 19.3. The standard InChI is InChI=1S/C27H21N7O/c1-17(2)23-5-3-4-6-24(23)26-30-15-19-11-25(35)33(27(19)31-26)16-18-7-9-21(10-8-18)34-22(14-29)12-20(13-28)32-34/h3-10,12,15,17H,11,16H2,1-2H3. The lowest BCUT2D eigenvalue weighted by Gasteiger charge is -2.18. The monoisotopic (exact) mass is 459 g/mol. The topological polar surface area (TPSA) is 111 Å². The molecular weight excluding hydrogens is 438 g/mol. The molecule has 4 aromatic rings. The summed E-state index contributed by atoms with van der Waals surface area (Å²) in [7, 11) is 0. The molecule has 0 radical (unpaired) electrons. The highest BCUT2D eigenvalue weighted by atomic mass is 16.2. The van der Waals surface area contributed by atoms with Crippen LogP contribution in [-0.4, -0.2) is 25.7 Å². The van der Waals surface area contributed by atoms with Gasteiger partial charge in [0.25, 0.3) is 0 Å². The Hall–Kier alpha value is -4.82. The second-order valence-electron chi connectivity index (χ2n) is 8.66. The molecule has 0 atom stereocenters. The number of anilines is 1. The summed E-state index contributed by atoms with van der Waals surface area (Å²) in [6.45, 7) is 4.63. The Morgan fingerprint density at radius 2 is 1.83 bits per heavy atom. The Bertz CT molecular complexity index is 1520. The molecule has 0 fully saturated rings. The average Bonchev–Trinajstić information content (AvgIpc) is 3.44. The fourth-order valence-corrected chi connectivity index (χ4v) is 4.27. The lowest BCUT2D eigenvalue weighted by Crippen LogP contribution is -2.26. The number of fused-ring (bicyclic) bond motifs is 1. The number of hydrogen-bond acceptors (Lipinski definition) is 6. The molecule has 170 valence electrons. The lowest BCUT2D eigenvalue weighted by molar-refractivity contribution is -0.117. The van der Waals surface area contributed by atoms with Gasteiger partial charge in [0.1, 0.15) is 23.7 Å². The van der Waals surface area contributed by atoms with Crippen molar-refractivity contribution in [2.45, 2.75) is 32.7 Å². The smallest absolute Gasteiger partial charge is 0.233 e. The number of hydrogen-bond donors (Lipinski definition) is 0. The Morgan fingerprint density at radius 3 is 2.54 bits per heavy atom. The summed E-state index contributed by atoms with van der Waals surface area (Å²) >= 11 is 0. The summed E-state index contributed by atoms with van der Waals surface area (Å²) in [5.41, 5.74) is 4.98. The molecular formula is C27H21N7O. The van der Waals surface area contributed by atoms with E-state index < -0.39 is 0 Å². The maximum Gasteiger partial charge on any atom is 0.233 e. The predicted octanol–water partition coefficient (Wildman–Crippen LogP) is 4.29. The zero-order chi connectivity index (χ0) is 24.5. The van der Waals surface area contributed by atoms with E-state index in [-0.39, 0.29) is 23.7 Å². The molecule has 0 saturated carbocycles. The van der Waals surface area contributed by atoms with E-state index in [1.807, 2.05) is 48.5 Å². The van der Waals surface area contributed by atoms with Crippen molar-refractivity contribution in [3.8, 4) is 29.2 Å². The van der Waals surface area contributed by atoms with Gasteiger partial charge in [0.15, 0.2) is 11.5 Å². The van der Waals surface area contributed by atoms with E-state index in [4.69, 9.17) is 10.2 Å². The van der Waals surface area contributed by atoms with Gasteiger partial charge >= 0.3 is 0 Å². The van der Waals surface area contributed by atoms with Crippen LogP contribution < -0.4 is 4.90 Å². The van der Waals surface area contributed by atoms with E-state index in [1.54, 1.807) is 11.1 Å². The third-order valence-electron chi connectivity index (χ3n) is 6.02. The van der Waals surface area contributed by atoms with Gasteiger partial charge in [0.2, 0.25) is 5.91 Å². The Morgan fingerprint density at radius 1 is 1.06 bits per heavy atom. The molecule has 0 saturated heterocycles. The molecule has 2 aromatic heterocycles. The second kappa shape index (κ2) is 8.85. The molecule has 0 N–H and O–H groups in total. The minimum atomic E-state index is -0.0230. The van der Waals surface area contributed by atoms with Gasteiger partial charge < -0.3 is 0 Å². The summed E-state index contributed by atoms with van der Waals surface area (Å²) in [4.78, 5) is 23.9. The van der Waals surface area contributed by atoms with Crippen molar-refractivity contribution in [2.24, 2.45) is 0 Å². The fourth-order valence-electron chi connectivity index (χ4n) is 4.27. The number of amides is 1. The van der Waals surface area contributed by atoms with Crippen LogP contribution in [0.4, 0.5) is 5.82 Å². The first kappa shape index (κ1) is 22.0. The van der Waals surface area contributed by atoms with E-state index in [1.165, 1.54) is 10.7 Å². The van der Waals surface area contributed by atoms with Crippen molar-refractivity contribution in [1.29, 1.82) is 10.5 Å². The first-order valence-electron chi connectivity index (χ1n) is 11.2. The zero-order valence-electron chi connectivity index (χ0n) is 19.3. The molecule has 8 nitrogen and oxygen atoms in total. The number of nitriles is 2. The lowest BCUT2D eigenvalue weighted by atomic mass is 9.97. The second-order valence-corrected chi connectivity index (χ2v) is 8.66. The minimum Gasteiger partial charge on any atom is -0.292 e. The molecule has 0 bridgehead atoms. The van der Waals surface area contributed by atoms with Crippen LogP contribution in [0.3, 0.4) is 0 Å². The normalized spacial score (nSPS) is 12.5. The first-order valence-corrected chi connectivity index (χ1v) is 11.2. The summed E-state index contributed by atoms with van der Waals surface area (Å²) in [6.07, 6.45) is 2.03. The van der Waals surface area contributed by atoms with Gasteiger partial charge in [-0.1, -0.05) is 50.2 Å². The molecule has 8 heteroatoms. The summed E-state index contributed by atoms with van der Waals surface area (Å²) in [5, 5.41) is 22.6. The van der Waals surface area contributed by atoms with Gasteiger partial charge in [0.05, 0.1) is 18.7 Å². The van der Waals surface area contributed by atoms with Crippen molar-refractivity contribution < 1.29 is 4.79 Å². The number of rotatable bonds is 5. The largest absolute Gasteiger partial charge is 0.292 e. The molecule has 2 aromatic carbocycles. The van der Waals surface area contributed by atoms with Crippen molar-refractivity contribution >= 4 is 11.7 Å². The van der Waals surface area contributed by atoms with Crippen LogP contribution in [0.5, 0.6) is 0 Å². The molecule has 0 aliphatic carbocycles. The Labute approximate surface area is 202 Å². The van der Waals surface area contributed by atoms with Gasteiger partial charge in [0, 0.05) is 23.4 Å². The molecule has 3 heterocycles. The van der Waals surface area contributed by atoms with E-state index in [0.29, 0.717) is 29.8 Å². The highest BCUT2D eigenvalue weighted by Gasteiger charge is 2.30. The SMILES string of the molecule is CC(C)c1ccccc1-c1ncc2c(n1)N(Cc1ccc(-n3nc(C#N)cc3C#N)cc1)C(=O)C2. The number of carbonyl (C=O) groups excluding carboxylic acids is 1. The summed E-state index contributed by atoms with van der Waals surface area (Å²) < 4.78 is 1.43. The van der Waals surface area contributed by atoms with Crippen LogP contribution in [0.1, 0.15) is 47.8 Å². The van der Waals surface area contributed by atoms with Gasteiger partial charge in [-0.3, -0.25) is 9.69 Å². The van der Waals surface area contributed by atoms with Gasteiger partial charge in [-0.15, -0.1) is 0 Å². The molecule has 1 amide bonds. The van der Waals surface area contributed by atoms with E-state index >= 15 is 0 Å². The number of benzene rings is 2. The highest BCUT2D eigenvalue weighted by molar-refractivity contribution is 6.00. The van der Waals surface area contributed by atoms with Gasteiger partial charge in [-0.05, 0) is 29.2 Å². The van der Waals surface area contributed by atoms with Crippen molar-refractivity contribution in [3.05, 3.63) is 88.9 Å².